The van der Waals surface area contributed by atoms with Gasteiger partial charge in [0.15, 0.2) is 17.1 Å². The summed E-state index contributed by atoms with van der Waals surface area (Å²) in [6.45, 7) is 0. The van der Waals surface area contributed by atoms with E-state index in [9.17, 15) is 0 Å². The third-order valence-corrected chi connectivity index (χ3v) is 2.20. The first-order valence-electron chi connectivity index (χ1n) is 4.50. The van der Waals surface area contributed by atoms with E-state index in [1.54, 1.807) is 23.3 Å². The first-order valence-corrected chi connectivity index (χ1v) is 4.50. The number of H-pyrrole nitrogens is 1. The first kappa shape index (κ1) is 8.10. The van der Waals surface area contributed by atoms with Crippen molar-refractivity contribution in [3.8, 4) is 11.5 Å². The Morgan fingerprint density at radius 2 is 2.07 bits per heavy atom. The van der Waals surface area contributed by atoms with E-state index in [2.05, 4.69) is 25.0 Å². The lowest BCUT2D eigenvalue weighted by Crippen LogP contribution is -1.94. The molecule has 0 aromatic carbocycles. The first-order chi connectivity index (χ1) is 7.34. The van der Waals surface area contributed by atoms with Crippen LogP contribution < -0.4 is 0 Å². The van der Waals surface area contributed by atoms with Crippen molar-refractivity contribution in [1.29, 1.82) is 0 Å². The summed E-state index contributed by atoms with van der Waals surface area (Å²) < 4.78 is 1.75. The average molecular weight is 200 g/mol. The number of imidazole rings is 1. The van der Waals surface area contributed by atoms with Gasteiger partial charge in [0.2, 0.25) is 0 Å². The number of hydrogen-bond acceptors (Lipinski definition) is 4. The van der Waals surface area contributed by atoms with Crippen LogP contribution in [0.5, 0.6) is 0 Å². The number of aromatic amines is 1. The predicted molar refractivity (Wildman–Crippen MR) is 53.9 cm³/mol. The van der Waals surface area contributed by atoms with E-state index >= 15 is 0 Å². The van der Waals surface area contributed by atoms with Gasteiger partial charge in [0.25, 0.3) is 0 Å². The molecule has 0 saturated heterocycles. The van der Waals surface area contributed by atoms with E-state index in [1.165, 1.54) is 0 Å². The molecule has 3 aromatic rings. The van der Waals surface area contributed by atoms with Crippen molar-refractivity contribution in [2.75, 3.05) is 0 Å². The van der Waals surface area contributed by atoms with Crippen LogP contribution in [0, 0.1) is 0 Å². The zero-order chi connectivity index (χ0) is 10.3. The zero-order valence-corrected chi connectivity index (χ0v) is 8.05. The lowest BCUT2D eigenvalue weighted by Gasteiger charge is -1.94. The highest BCUT2D eigenvalue weighted by atomic mass is 15.3. The van der Waals surface area contributed by atoms with E-state index in [0.717, 1.165) is 11.5 Å². The highest BCUT2D eigenvalue weighted by molar-refractivity contribution is 5.70. The van der Waals surface area contributed by atoms with Gasteiger partial charge in [-0.25, -0.2) is 15.0 Å². The van der Waals surface area contributed by atoms with Crippen LogP contribution in [0.15, 0.2) is 24.7 Å². The Bertz CT molecular complexity index is 575. The number of hydrogen-bond donors (Lipinski definition) is 1. The summed E-state index contributed by atoms with van der Waals surface area (Å²) in [6, 6.07) is 1.89. The van der Waals surface area contributed by atoms with Gasteiger partial charge in [0.1, 0.15) is 5.69 Å². The van der Waals surface area contributed by atoms with Gasteiger partial charge in [-0.15, -0.1) is 0 Å². The molecule has 0 spiro atoms. The maximum atomic E-state index is 4.33. The normalized spacial score (nSPS) is 11.0. The molecule has 0 fully saturated rings. The lowest BCUT2D eigenvalue weighted by atomic mass is 10.4. The van der Waals surface area contributed by atoms with E-state index in [1.807, 2.05) is 13.1 Å². The van der Waals surface area contributed by atoms with Crippen LogP contribution in [0.4, 0.5) is 0 Å². The number of fused-ring (bicyclic) bond motifs is 1. The molecule has 0 aliphatic carbocycles. The summed E-state index contributed by atoms with van der Waals surface area (Å²) in [4.78, 5) is 15.7. The summed E-state index contributed by atoms with van der Waals surface area (Å²) in [5, 5.41) is 4.08. The Kier molecular flexibility index (Phi) is 1.55. The molecule has 0 atom stereocenters. The fraction of sp³-hybridized carbons (Fsp3) is 0.111. The molecule has 3 rings (SSSR count). The summed E-state index contributed by atoms with van der Waals surface area (Å²) >= 11 is 0. The van der Waals surface area contributed by atoms with Crippen LogP contribution in [0.25, 0.3) is 22.8 Å². The molecule has 3 aromatic heterocycles. The number of nitrogens with one attached hydrogen (secondary N) is 1. The smallest absolute Gasteiger partial charge is 0.197 e. The van der Waals surface area contributed by atoms with Crippen LogP contribution in [0.1, 0.15) is 0 Å². The van der Waals surface area contributed by atoms with E-state index < -0.39 is 0 Å². The van der Waals surface area contributed by atoms with Crippen LogP contribution >= 0.6 is 0 Å². The predicted octanol–water partition coefficient (Wildman–Crippen LogP) is 0.753. The minimum absolute atomic E-state index is 0.619. The summed E-state index contributed by atoms with van der Waals surface area (Å²) in [7, 11) is 1.86. The molecule has 3 heterocycles. The largest absolute Gasteiger partial charge is 0.320 e. The second-order valence-electron chi connectivity index (χ2n) is 3.15. The Labute approximate surface area is 85.0 Å². The third-order valence-electron chi connectivity index (χ3n) is 2.20. The summed E-state index contributed by atoms with van der Waals surface area (Å²) in [6.07, 6.45) is 4.98. The molecular weight excluding hydrogens is 192 g/mol. The van der Waals surface area contributed by atoms with Crippen LogP contribution in [-0.4, -0.2) is 29.7 Å². The van der Waals surface area contributed by atoms with Gasteiger partial charge in [0.05, 0.1) is 0 Å². The second kappa shape index (κ2) is 2.88. The fourth-order valence-corrected chi connectivity index (χ4v) is 1.47. The van der Waals surface area contributed by atoms with Crippen molar-refractivity contribution in [2.24, 2.45) is 7.05 Å². The Morgan fingerprint density at radius 3 is 2.80 bits per heavy atom. The van der Waals surface area contributed by atoms with Crippen molar-refractivity contribution >= 4 is 11.3 Å². The summed E-state index contributed by atoms with van der Waals surface area (Å²) in [5.41, 5.74) is 2.22. The van der Waals surface area contributed by atoms with Crippen molar-refractivity contribution < 1.29 is 0 Å². The topological polar surface area (TPSA) is 72.3 Å². The zero-order valence-electron chi connectivity index (χ0n) is 8.05. The molecule has 15 heavy (non-hydrogen) atoms. The lowest BCUT2D eigenvalue weighted by molar-refractivity contribution is 0.771. The van der Waals surface area contributed by atoms with Crippen molar-refractivity contribution in [3.05, 3.63) is 24.7 Å². The number of nitrogens with zero attached hydrogens (tertiary/aromatic N) is 5. The van der Waals surface area contributed by atoms with Gasteiger partial charge in [-0.05, 0) is 6.07 Å². The van der Waals surface area contributed by atoms with Crippen molar-refractivity contribution in [2.45, 2.75) is 0 Å². The molecule has 0 aliphatic rings. The maximum Gasteiger partial charge on any atom is 0.197 e. The minimum Gasteiger partial charge on any atom is -0.320 e. The molecule has 0 bridgehead atoms. The molecule has 1 N–H and O–H groups in total. The van der Waals surface area contributed by atoms with Gasteiger partial charge in [-0.3, -0.25) is 4.68 Å². The van der Waals surface area contributed by atoms with Gasteiger partial charge in [0, 0.05) is 25.6 Å². The molecule has 0 aliphatic heterocycles. The van der Waals surface area contributed by atoms with Gasteiger partial charge in [-0.1, -0.05) is 0 Å². The molecule has 0 saturated carbocycles. The highest BCUT2D eigenvalue weighted by Crippen LogP contribution is 2.16. The minimum atomic E-state index is 0.619. The summed E-state index contributed by atoms with van der Waals surface area (Å²) in [5.74, 6) is 0.733. The average Bonchev–Trinajstić information content (AvgIpc) is 2.82. The van der Waals surface area contributed by atoms with E-state index in [4.69, 9.17) is 0 Å². The number of aryl methyl sites for hydroxylation is 1. The van der Waals surface area contributed by atoms with Gasteiger partial charge >= 0.3 is 0 Å². The molecule has 6 heteroatoms. The maximum absolute atomic E-state index is 4.33. The van der Waals surface area contributed by atoms with Crippen molar-refractivity contribution in [1.82, 2.24) is 29.7 Å². The number of rotatable bonds is 1. The SMILES string of the molecule is Cn1nccc1-c1nc2nccnc2[nH]1. The van der Waals surface area contributed by atoms with Crippen LogP contribution in [-0.2, 0) is 7.05 Å². The standard InChI is InChI=1S/C9H8N6/c1-15-6(2-3-12-15)7-13-8-9(14-7)11-5-4-10-8/h2-5H,1H3,(H,10,11,13,14). The van der Waals surface area contributed by atoms with E-state index in [0.29, 0.717) is 11.3 Å². The second-order valence-corrected chi connectivity index (χ2v) is 3.15. The third kappa shape index (κ3) is 1.18. The van der Waals surface area contributed by atoms with Crippen LogP contribution in [0.2, 0.25) is 0 Å². The van der Waals surface area contributed by atoms with Gasteiger partial charge < -0.3 is 4.98 Å². The molecule has 74 valence electrons. The molecule has 0 amide bonds. The quantitative estimate of drug-likeness (QED) is 0.629. The molecule has 0 radical (unpaired) electrons. The molecule has 6 nitrogen and oxygen atoms in total. The van der Waals surface area contributed by atoms with Crippen LogP contribution in [0.3, 0.4) is 0 Å². The monoisotopic (exact) mass is 200 g/mol. The Morgan fingerprint density at radius 1 is 1.20 bits per heavy atom. The highest BCUT2D eigenvalue weighted by Gasteiger charge is 2.08. The number of aromatic nitrogens is 6. The van der Waals surface area contributed by atoms with E-state index in [-0.39, 0.29) is 0 Å². The van der Waals surface area contributed by atoms with Crippen molar-refractivity contribution in [3.63, 3.8) is 0 Å². The molecular formula is C9H8N6. The fourth-order valence-electron chi connectivity index (χ4n) is 1.47. The Hall–Kier alpha value is -2.24. The molecule has 0 unspecified atom stereocenters. The van der Waals surface area contributed by atoms with Gasteiger partial charge in [-0.2, -0.15) is 5.10 Å². The Balaban J connectivity index is 2.24.